The highest BCUT2D eigenvalue weighted by atomic mass is 35.5. The van der Waals surface area contributed by atoms with Gasteiger partial charge < -0.3 is 16.2 Å². The molecule has 0 aliphatic carbocycles. The molecular weight excluding hydrogens is 200 g/mol. The van der Waals surface area contributed by atoms with Crippen LogP contribution in [0.25, 0.3) is 0 Å². The van der Waals surface area contributed by atoms with Crippen LogP contribution in [0.15, 0.2) is 18.2 Å². The number of halogens is 1. The van der Waals surface area contributed by atoms with E-state index in [9.17, 15) is 0 Å². The van der Waals surface area contributed by atoms with Crippen molar-refractivity contribution in [2.24, 2.45) is 11.5 Å². The summed E-state index contributed by atoms with van der Waals surface area (Å²) in [5.41, 5.74) is 11.8. The fraction of sp³-hybridized carbons (Fsp3) is 0.400. The summed E-state index contributed by atoms with van der Waals surface area (Å²) in [4.78, 5) is 0. The van der Waals surface area contributed by atoms with E-state index in [4.69, 9.17) is 27.8 Å². The quantitative estimate of drug-likeness (QED) is 0.802. The molecular formula is C10H15ClN2O. The molecule has 14 heavy (non-hydrogen) atoms. The van der Waals surface area contributed by atoms with Crippen molar-refractivity contribution in [1.29, 1.82) is 0 Å². The Hall–Kier alpha value is -0.770. The molecule has 78 valence electrons. The lowest BCUT2D eigenvalue weighted by molar-refractivity contribution is 0.389. The van der Waals surface area contributed by atoms with Crippen molar-refractivity contribution in [3.8, 4) is 5.75 Å². The molecule has 0 aliphatic heterocycles. The molecule has 0 radical (unpaired) electrons. The monoisotopic (exact) mass is 214 g/mol. The van der Waals surface area contributed by atoms with E-state index < -0.39 is 5.54 Å². The van der Waals surface area contributed by atoms with E-state index >= 15 is 0 Å². The second kappa shape index (κ2) is 4.17. The second-order valence-corrected chi connectivity index (χ2v) is 3.90. The van der Waals surface area contributed by atoms with Gasteiger partial charge in [-0.05, 0) is 25.1 Å². The smallest absolute Gasteiger partial charge is 0.124 e. The SMILES string of the molecule is COc1ccc(Cl)cc1C(C)(N)CN. The van der Waals surface area contributed by atoms with E-state index in [1.807, 2.05) is 6.92 Å². The molecule has 0 saturated carbocycles. The Morgan fingerprint density at radius 3 is 2.64 bits per heavy atom. The van der Waals surface area contributed by atoms with Crippen molar-refractivity contribution in [3.05, 3.63) is 28.8 Å². The normalized spacial score (nSPS) is 14.9. The average Bonchev–Trinajstić information content (AvgIpc) is 2.18. The van der Waals surface area contributed by atoms with Crippen LogP contribution in [0.2, 0.25) is 5.02 Å². The molecule has 0 amide bonds. The zero-order valence-corrected chi connectivity index (χ0v) is 9.14. The van der Waals surface area contributed by atoms with Crippen LogP contribution in [0.3, 0.4) is 0 Å². The standard InChI is InChI=1S/C10H15ClN2O/c1-10(13,6-12)8-5-7(11)3-4-9(8)14-2/h3-5H,6,12-13H2,1-2H3. The van der Waals surface area contributed by atoms with Crippen LogP contribution in [0.4, 0.5) is 0 Å². The maximum Gasteiger partial charge on any atom is 0.124 e. The lowest BCUT2D eigenvalue weighted by atomic mass is 9.92. The molecule has 4 N–H and O–H groups in total. The minimum atomic E-state index is -0.615. The van der Waals surface area contributed by atoms with Crippen molar-refractivity contribution in [2.75, 3.05) is 13.7 Å². The number of hydrogen-bond donors (Lipinski definition) is 2. The summed E-state index contributed by atoms with van der Waals surface area (Å²) in [6, 6.07) is 5.34. The number of nitrogens with two attached hydrogens (primary N) is 2. The number of methoxy groups -OCH3 is 1. The third-order valence-corrected chi connectivity index (χ3v) is 2.44. The first-order chi connectivity index (χ1) is 6.51. The molecule has 1 rings (SSSR count). The predicted octanol–water partition coefficient (Wildman–Crippen LogP) is 1.48. The molecule has 0 aliphatic rings. The van der Waals surface area contributed by atoms with Gasteiger partial charge in [-0.2, -0.15) is 0 Å². The summed E-state index contributed by atoms with van der Waals surface area (Å²) >= 11 is 5.88. The van der Waals surface area contributed by atoms with Gasteiger partial charge in [0.15, 0.2) is 0 Å². The van der Waals surface area contributed by atoms with Crippen molar-refractivity contribution in [3.63, 3.8) is 0 Å². The Morgan fingerprint density at radius 2 is 2.14 bits per heavy atom. The Kier molecular flexibility index (Phi) is 3.37. The lowest BCUT2D eigenvalue weighted by Gasteiger charge is -2.25. The lowest BCUT2D eigenvalue weighted by Crippen LogP contribution is -2.41. The zero-order chi connectivity index (χ0) is 10.8. The van der Waals surface area contributed by atoms with Gasteiger partial charge in [-0.15, -0.1) is 0 Å². The van der Waals surface area contributed by atoms with Gasteiger partial charge in [0.05, 0.1) is 12.6 Å². The van der Waals surface area contributed by atoms with Gasteiger partial charge in [0.1, 0.15) is 5.75 Å². The Bertz CT molecular complexity index is 326. The van der Waals surface area contributed by atoms with Crippen LogP contribution in [-0.4, -0.2) is 13.7 Å². The van der Waals surface area contributed by atoms with Gasteiger partial charge in [-0.1, -0.05) is 11.6 Å². The van der Waals surface area contributed by atoms with Crippen molar-refractivity contribution >= 4 is 11.6 Å². The third kappa shape index (κ3) is 2.18. The first kappa shape index (κ1) is 11.3. The summed E-state index contributed by atoms with van der Waals surface area (Å²) < 4.78 is 5.19. The van der Waals surface area contributed by atoms with Crippen LogP contribution >= 0.6 is 11.6 Å². The zero-order valence-electron chi connectivity index (χ0n) is 8.38. The molecule has 0 saturated heterocycles. The molecule has 0 fully saturated rings. The van der Waals surface area contributed by atoms with E-state index in [0.29, 0.717) is 17.3 Å². The van der Waals surface area contributed by atoms with E-state index in [1.165, 1.54) is 0 Å². The van der Waals surface area contributed by atoms with Gasteiger partial charge in [0, 0.05) is 17.1 Å². The molecule has 0 bridgehead atoms. The highest BCUT2D eigenvalue weighted by Crippen LogP contribution is 2.29. The third-order valence-electron chi connectivity index (χ3n) is 2.20. The van der Waals surface area contributed by atoms with E-state index in [2.05, 4.69) is 0 Å². The van der Waals surface area contributed by atoms with Crippen molar-refractivity contribution in [1.82, 2.24) is 0 Å². The molecule has 0 heterocycles. The van der Waals surface area contributed by atoms with E-state index in [-0.39, 0.29) is 0 Å². The highest BCUT2D eigenvalue weighted by Gasteiger charge is 2.23. The first-order valence-corrected chi connectivity index (χ1v) is 4.72. The fourth-order valence-electron chi connectivity index (χ4n) is 1.24. The first-order valence-electron chi connectivity index (χ1n) is 4.34. The van der Waals surface area contributed by atoms with Crippen LogP contribution < -0.4 is 16.2 Å². The molecule has 0 spiro atoms. The minimum absolute atomic E-state index is 0.337. The van der Waals surface area contributed by atoms with Gasteiger partial charge in [-0.25, -0.2) is 0 Å². The predicted molar refractivity (Wildman–Crippen MR) is 58.6 cm³/mol. The molecule has 0 aromatic heterocycles. The Balaban J connectivity index is 3.23. The topological polar surface area (TPSA) is 61.3 Å². The molecule has 3 nitrogen and oxygen atoms in total. The van der Waals surface area contributed by atoms with Gasteiger partial charge >= 0.3 is 0 Å². The van der Waals surface area contributed by atoms with Crippen LogP contribution in [0.5, 0.6) is 5.75 Å². The highest BCUT2D eigenvalue weighted by molar-refractivity contribution is 6.30. The van der Waals surface area contributed by atoms with E-state index in [0.717, 1.165) is 5.56 Å². The van der Waals surface area contributed by atoms with Gasteiger partial charge in [-0.3, -0.25) is 0 Å². The summed E-state index contributed by atoms with van der Waals surface area (Å²) in [5.74, 6) is 0.713. The summed E-state index contributed by atoms with van der Waals surface area (Å²) in [6.45, 7) is 2.19. The van der Waals surface area contributed by atoms with Crippen LogP contribution in [0, 0.1) is 0 Å². The van der Waals surface area contributed by atoms with E-state index in [1.54, 1.807) is 25.3 Å². The van der Waals surface area contributed by atoms with Crippen molar-refractivity contribution in [2.45, 2.75) is 12.5 Å². The molecule has 1 atom stereocenters. The maximum atomic E-state index is 6.02. The number of rotatable bonds is 3. The number of hydrogen-bond acceptors (Lipinski definition) is 3. The second-order valence-electron chi connectivity index (χ2n) is 3.47. The molecule has 4 heteroatoms. The largest absolute Gasteiger partial charge is 0.496 e. The summed E-state index contributed by atoms with van der Waals surface area (Å²) in [6.07, 6.45) is 0. The van der Waals surface area contributed by atoms with Gasteiger partial charge in [0.25, 0.3) is 0 Å². The fourth-order valence-corrected chi connectivity index (χ4v) is 1.41. The number of benzene rings is 1. The van der Waals surface area contributed by atoms with Crippen molar-refractivity contribution < 1.29 is 4.74 Å². The summed E-state index contributed by atoms with van der Waals surface area (Å²) in [5, 5.41) is 0.630. The Labute approximate surface area is 89.0 Å². The summed E-state index contributed by atoms with van der Waals surface area (Å²) in [7, 11) is 1.60. The molecule has 1 aromatic rings. The van der Waals surface area contributed by atoms with Crippen LogP contribution in [-0.2, 0) is 5.54 Å². The minimum Gasteiger partial charge on any atom is -0.496 e. The maximum absolute atomic E-state index is 6.02. The molecule has 1 aromatic carbocycles. The number of ether oxygens (including phenoxy) is 1. The van der Waals surface area contributed by atoms with Crippen LogP contribution in [0.1, 0.15) is 12.5 Å². The van der Waals surface area contributed by atoms with Gasteiger partial charge in [0.2, 0.25) is 0 Å². The molecule has 1 unspecified atom stereocenters. The Morgan fingerprint density at radius 1 is 1.50 bits per heavy atom. The average molecular weight is 215 g/mol.